The summed E-state index contributed by atoms with van der Waals surface area (Å²) in [4.78, 5) is 9.28. The summed E-state index contributed by atoms with van der Waals surface area (Å²) in [5, 5.41) is 15.1. The summed E-state index contributed by atoms with van der Waals surface area (Å²) in [7, 11) is -3.22. The van der Waals surface area contributed by atoms with E-state index in [2.05, 4.69) is 15.3 Å². The van der Waals surface area contributed by atoms with Crippen molar-refractivity contribution in [2.75, 3.05) is 11.6 Å². The highest BCUT2D eigenvalue weighted by Crippen LogP contribution is 2.31. The lowest BCUT2D eigenvalue weighted by atomic mass is 9.93. The van der Waals surface area contributed by atoms with Gasteiger partial charge in [-0.15, -0.1) is 0 Å². The van der Waals surface area contributed by atoms with Gasteiger partial charge in [-0.3, -0.25) is 4.98 Å². The van der Waals surface area contributed by atoms with Crippen LogP contribution >= 0.6 is 0 Å². The molecule has 0 fully saturated rings. The standard InChI is InChI=1S/C21H21N3O3S/c1-28(26,27)18-7-5-16(6-8-18)24-20-12-19-15(13-23-20)9-10-22-21(19)14-3-2-4-17(25)11-14/h5-13,17,25H,2-4H2,1H3,(H,23,24). The maximum Gasteiger partial charge on any atom is 0.175 e. The van der Waals surface area contributed by atoms with Crippen LogP contribution in [0.2, 0.25) is 0 Å². The van der Waals surface area contributed by atoms with Crippen molar-refractivity contribution in [3.63, 3.8) is 0 Å². The van der Waals surface area contributed by atoms with E-state index in [9.17, 15) is 13.5 Å². The normalized spacial score (nSPS) is 17.4. The van der Waals surface area contributed by atoms with Gasteiger partial charge in [-0.2, -0.15) is 0 Å². The Morgan fingerprint density at radius 1 is 1.14 bits per heavy atom. The van der Waals surface area contributed by atoms with Gasteiger partial charge >= 0.3 is 0 Å². The van der Waals surface area contributed by atoms with Crippen LogP contribution in [-0.2, 0) is 9.84 Å². The summed E-state index contributed by atoms with van der Waals surface area (Å²) in [6, 6.07) is 10.4. The van der Waals surface area contributed by atoms with Crippen LogP contribution in [0.5, 0.6) is 0 Å². The number of sulfone groups is 1. The van der Waals surface area contributed by atoms with Gasteiger partial charge < -0.3 is 10.4 Å². The Bertz CT molecular complexity index is 1160. The number of nitrogens with zero attached hydrogens (tertiary/aromatic N) is 2. The van der Waals surface area contributed by atoms with Gasteiger partial charge in [-0.25, -0.2) is 13.4 Å². The smallest absolute Gasteiger partial charge is 0.175 e. The molecule has 0 spiro atoms. The number of fused-ring (bicyclic) bond motifs is 1. The molecule has 0 aliphatic heterocycles. The fourth-order valence-corrected chi connectivity index (χ4v) is 4.05. The Morgan fingerprint density at radius 3 is 2.64 bits per heavy atom. The first-order valence-corrected chi connectivity index (χ1v) is 11.0. The molecule has 0 amide bonds. The number of allylic oxidation sites excluding steroid dienone is 1. The van der Waals surface area contributed by atoms with E-state index in [0.717, 1.165) is 47.0 Å². The number of hydrogen-bond acceptors (Lipinski definition) is 6. The zero-order valence-electron chi connectivity index (χ0n) is 15.5. The average molecular weight is 395 g/mol. The third-order valence-corrected chi connectivity index (χ3v) is 5.97. The van der Waals surface area contributed by atoms with E-state index in [1.807, 2.05) is 18.2 Å². The number of aliphatic hydroxyl groups excluding tert-OH is 1. The minimum atomic E-state index is -3.22. The van der Waals surface area contributed by atoms with Gasteiger partial charge in [0.15, 0.2) is 9.84 Å². The van der Waals surface area contributed by atoms with Crippen LogP contribution in [0.3, 0.4) is 0 Å². The molecule has 144 valence electrons. The fraction of sp³-hybridized carbons (Fsp3) is 0.238. The van der Waals surface area contributed by atoms with Crippen molar-refractivity contribution in [3.8, 4) is 0 Å². The minimum absolute atomic E-state index is 0.277. The van der Waals surface area contributed by atoms with Crippen LogP contribution in [0.4, 0.5) is 11.5 Å². The molecule has 0 saturated carbocycles. The highest BCUT2D eigenvalue weighted by atomic mass is 32.2. The van der Waals surface area contributed by atoms with Gasteiger partial charge in [0, 0.05) is 35.1 Å². The summed E-state index contributed by atoms with van der Waals surface area (Å²) in [5.74, 6) is 0.644. The molecule has 1 aromatic carbocycles. The van der Waals surface area contributed by atoms with Gasteiger partial charge in [0.2, 0.25) is 0 Å². The zero-order valence-corrected chi connectivity index (χ0v) is 16.3. The number of benzene rings is 1. The first kappa shape index (κ1) is 18.6. The highest BCUT2D eigenvalue weighted by molar-refractivity contribution is 7.90. The van der Waals surface area contributed by atoms with Gasteiger partial charge in [-0.05, 0) is 61.2 Å². The Morgan fingerprint density at radius 2 is 1.93 bits per heavy atom. The van der Waals surface area contributed by atoms with Crippen molar-refractivity contribution >= 4 is 37.7 Å². The van der Waals surface area contributed by atoms with Crippen LogP contribution in [0.25, 0.3) is 16.3 Å². The maximum atomic E-state index is 11.6. The van der Waals surface area contributed by atoms with Gasteiger partial charge in [0.25, 0.3) is 0 Å². The lowest BCUT2D eigenvalue weighted by Gasteiger charge is -2.18. The SMILES string of the molecule is CS(=O)(=O)c1ccc(Nc2cc3c(C4=CC(O)CCC4)nccc3cn2)cc1. The topological polar surface area (TPSA) is 92.2 Å². The molecule has 1 aliphatic rings. The molecule has 1 aliphatic carbocycles. The Hall–Kier alpha value is -2.77. The molecule has 3 aromatic rings. The molecule has 1 atom stereocenters. The van der Waals surface area contributed by atoms with Gasteiger partial charge in [0.05, 0.1) is 16.7 Å². The van der Waals surface area contributed by atoms with Crippen LogP contribution in [0, 0.1) is 0 Å². The second-order valence-electron chi connectivity index (χ2n) is 7.02. The lowest BCUT2D eigenvalue weighted by Crippen LogP contribution is -2.09. The van der Waals surface area contributed by atoms with E-state index in [1.54, 1.807) is 36.7 Å². The van der Waals surface area contributed by atoms with E-state index in [4.69, 9.17) is 0 Å². The van der Waals surface area contributed by atoms with E-state index in [-0.39, 0.29) is 4.90 Å². The van der Waals surface area contributed by atoms with Gasteiger partial charge in [0.1, 0.15) is 5.82 Å². The number of rotatable bonds is 4. The number of pyridine rings is 2. The van der Waals surface area contributed by atoms with E-state index >= 15 is 0 Å². The molecule has 6 nitrogen and oxygen atoms in total. The van der Waals surface area contributed by atoms with Crippen molar-refractivity contribution in [1.29, 1.82) is 0 Å². The molecule has 2 N–H and O–H groups in total. The largest absolute Gasteiger partial charge is 0.389 e. The molecule has 0 saturated heterocycles. The maximum absolute atomic E-state index is 11.6. The summed E-state index contributed by atoms with van der Waals surface area (Å²) in [6.45, 7) is 0. The van der Waals surface area contributed by atoms with Crippen molar-refractivity contribution in [1.82, 2.24) is 9.97 Å². The molecule has 2 heterocycles. The molecule has 4 rings (SSSR count). The Kier molecular flexibility index (Phi) is 4.87. The Labute approximate surface area is 163 Å². The number of hydrogen-bond donors (Lipinski definition) is 2. The summed E-state index contributed by atoms with van der Waals surface area (Å²) < 4.78 is 23.2. The first-order chi connectivity index (χ1) is 13.4. The second kappa shape index (κ2) is 7.33. The van der Waals surface area contributed by atoms with E-state index in [1.165, 1.54) is 6.26 Å². The van der Waals surface area contributed by atoms with Crippen LogP contribution in [0.1, 0.15) is 25.0 Å². The molecular weight excluding hydrogens is 374 g/mol. The first-order valence-electron chi connectivity index (χ1n) is 9.11. The van der Waals surface area contributed by atoms with Crippen LogP contribution < -0.4 is 5.32 Å². The summed E-state index contributed by atoms with van der Waals surface area (Å²) >= 11 is 0. The zero-order chi connectivity index (χ0) is 19.7. The fourth-order valence-electron chi connectivity index (χ4n) is 3.42. The quantitative estimate of drug-likeness (QED) is 0.700. The minimum Gasteiger partial charge on any atom is -0.389 e. The van der Waals surface area contributed by atoms with E-state index < -0.39 is 15.9 Å². The number of anilines is 2. The van der Waals surface area contributed by atoms with Crippen molar-refractivity contribution in [2.45, 2.75) is 30.3 Å². The molecule has 0 radical (unpaired) electrons. The second-order valence-corrected chi connectivity index (χ2v) is 9.04. The van der Waals surface area contributed by atoms with Crippen molar-refractivity contribution in [3.05, 3.63) is 60.6 Å². The summed E-state index contributed by atoms with van der Waals surface area (Å²) in [6.07, 6.45) is 8.81. The third kappa shape index (κ3) is 3.90. The average Bonchev–Trinajstić information content (AvgIpc) is 2.67. The molecule has 2 aromatic heterocycles. The predicted molar refractivity (Wildman–Crippen MR) is 110 cm³/mol. The lowest BCUT2D eigenvalue weighted by molar-refractivity contribution is 0.206. The number of aliphatic hydroxyl groups is 1. The van der Waals surface area contributed by atoms with Crippen LogP contribution in [0.15, 0.2) is 59.8 Å². The molecular formula is C21H21N3O3S. The van der Waals surface area contributed by atoms with Crippen molar-refractivity contribution in [2.24, 2.45) is 0 Å². The monoisotopic (exact) mass is 395 g/mol. The third-order valence-electron chi connectivity index (χ3n) is 4.85. The number of aromatic nitrogens is 2. The molecule has 7 heteroatoms. The Balaban J connectivity index is 1.68. The molecule has 1 unspecified atom stereocenters. The highest BCUT2D eigenvalue weighted by Gasteiger charge is 2.16. The van der Waals surface area contributed by atoms with E-state index in [0.29, 0.717) is 5.82 Å². The summed E-state index contributed by atoms with van der Waals surface area (Å²) in [5.41, 5.74) is 2.67. The van der Waals surface area contributed by atoms with Crippen molar-refractivity contribution < 1.29 is 13.5 Å². The van der Waals surface area contributed by atoms with Gasteiger partial charge in [-0.1, -0.05) is 6.08 Å². The molecule has 0 bridgehead atoms. The molecule has 28 heavy (non-hydrogen) atoms. The number of nitrogens with one attached hydrogen (secondary N) is 1. The van der Waals surface area contributed by atoms with Crippen LogP contribution in [-0.4, -0.2) is 35.9 Å². The predicted octanol–water partition coefficient (Wildman–Crippen LogP) is 3.71.